The quantitative estimate of drug-likeness (QED) is 0.0835. The Kier molecular flexibility index (Phi) is 9.92. The number of benzene rings is 3. The molecule has 3 aromatic carbocycles. The van der Waals surface area contributed by atoms with Gasteiger partial charge in [0, 0.05) is 9.75 Å². The maximum atomic E-state index is 12.1. The molecule has 5 aromatic rings. The normalized spacial score (nSPS) is 13.0. The standard InChI is InChI=1S/C41H42O2S2/c1-3-5-7-9-11-29-13-18-32(19-14-29)41(33-20-15-30(16-21-33)12-10-8-6-4-2)37-25-31(39-24-22-34(27-42)44-39)17-23-36(37)40-38(41)26-35(28-43)45-40/h13-28H,3-12H2,1-2H3. The lowest BCUT2D eigenvalue weighted by Gasteiger charge is -2.34. The number of hydrogen-bond donors (Lipinski definition) is 0. The van der Waals surface area contributed by atoms with Gasteiger partial charge in [0.15, 0.2) is 12.6 Å². The number of thiophene rings is 2. The summed E-state index contributed by atoms with van der Waals surface area (Å²) in [5.41, 5.74) is 9.37. The Balaban J connectivity index is 1.51. The molecule has 0 amide bonds. The van der Waals surface area contributed by atoms with Crippen molar-refractivity contribution in [2.24, 2.45) is 0 Å². The van der Waals surface area contributed by atoms with Crippen molar-refractivity contribution in [3.8, 4) is 20.9 Å². The molecule has 45 heavy (non-hydrogen) atoms. The molecule has 1 aliphatic carbocycles. The predicted octanol–water partition coefficient (Wildman–Crippen LogP) is 11.7. The number of aldehydes is 2. The minimum Gasteiger partial charge on any atom is -0.297 e. The van der Waals surface area contributed by atoms with Gasteiger partial charge in [-0.1, -0.05) is 113 Å². The van der Waals surface area contributed by atoms with Crippen molar-refractivity contribution < 1.29 is 9.59 Å². The summed E-state index contributed by atoms with van der Waals surface area (Å²) in [5.74, 6) is 0. The van der Waals surface area contributed by atoms with Crippen LogP contribution in [0, 0.1) is 0 Å². The molecule has 0 radical (unpaired) electrons. The minimum absolute atomic E-state index is 0.551. The first-order chi connectivity index (χ1) is 22.1. The molecule has 2 nitrogen and oxygen atoms in total. The minimum atomic E-state index is -0.551. The third-order valence-corrected chi connectivity index (χ3v) is 11.5. The molecule has 2 aromatic heterocycles. The van der Waals surface area contributed by atoms with Crippen molar-refractivity contribution in [3.05, 3.63) is 128 Å². The first-order valence-electron chi connectivity index (χ1n) is 16.6. The molecule has 0 atom stereocenters. The monoisotopic (exact) mass is 630 g/mol. The average Bonchev–Trinajstić information content (AvgIpc) is 3.80. The van der Waals surface area contributed by atoms with Gasteiger partial charge in [0.05, 0.1) is 15.2 Å². The van der Waals surface area contributed by atoms with Crippen LogP contribution in [0.5, 0.6) is 0 Å². The van der Waals surface area contributed by atoms with E-state index in [4.69, 9.17) is 0 Å². The van der Waals surface area contributed by atoms with Gasteiger partial charge < -0.3 is 0 Å². The van der Waals surface area contributed by atoms with Crippen molar-refractivity contribution in [2.75, 3.05) is 0 Å². The lowest BCUT2D eigenvalue weighted by Crippen LogP contribution is -2.28. The second kappa shape index (κ2) is 14.2. The van der Waals surface area contributed by atoms with Crippen LogP contribution in [0.15, 0.2) is 84.9 Å². The van der Waals surface area contributed by atoms with E-state index in [-0.39, 0.29) is 0 Å². The van der Waals surface area contributed by atoms with Crippen LogP contribution in [0.3, 0.4) is 0 Å². The van der Waals surface area contributed by atoms with Gasteiger partial charge in [0.1, 0.15) is 0 Å². The van der Waals surface area contributed by atoms with Crippen molar-refractivity contribution >= 4 is 35.2 Å². The molecule has 0 N–H and O–H groups in total. The van der Waals surface area contributed by atoms with E-state index in [1.54, 1.807) is 11.3 Å². The topological polar surface area (TPSA) is 34.1 Å². The largest absolute Gasteiger partial charge is 0.297 e. The molecule has 1 aliphatic rings. The molecule has 0 saturated carbocycles. The Hall–Kier alpha value is -3.60. The van der Waals surface area contributed by atoms with E-state index in [9.17, 15) is 9.59 Å². The van der Waals surface area contributed by atoms with Gasteiger partial charge in [-0.3, -0.25) is 9.59 Å². The predicted molar refractivity (Wildman–Crippen MR) is 191 cm³/mol. The van der Waals surface area contributed by atoms with Gasteiger partial charge in [-0.2, -0.15) is 0 Å². The zero-order chi connectivity index (χ0) is 31.2. The third kappa shape index (κ3) is 6.15. The summed E-state index contributed by atoms with van der Waals surface area (Å²) in [6, 6.07) is 31.4. The highest BCUT2D eigenvalue weighted by molar-refractivity contribution is 7.17. The Morgan fingerprint density at radius 2 is 1.18 bits per heavy atom. The van der Waals surface area contributed by atoms with E-state index in [1.807, 2.05) is 12.1 Å². The maximum absolute atomic E-state index is 12.1. The molecule has 0 unspecified atom stereocenters. The van der Waals surface area contributed by atoms with Crippen LogP contribution >= 0.6 is 22.7 Å². The summed E-state index contributed by atoms with van der Waals surface area (Å²) in [5, 5.41) is 0. The molecule has 2 heterocycles. The van der Waals surface area contributed by atoms with E-state index in [0.717, 1.165) is 45.6 Å². The fourth-order valence-electron chi connectivity index (χ4n) is 7.01. The first-order valence-corrected chi connectivity index (χ1v) is 18.2. The Morgan fingerprint density at radius 1 is 0.578 bits per heavy atom. The molecular formula is C41H42O2S2. The highest BCUT2D eigenvalue weighted by Gasteiger charge is 2.47. The number of rotatable bonds is 15. The Morgan fingerprint density at radius 3 is 1.71 bits per heavy atom. The second-order valence-corrected chi connectivity index (χ2v) is 14.6. The maximum Gasteiger partial charge on any atom is 0.160 e. The van der Waals surface area contributed by atoms with Crippen LogP contribution in [0.4, 0.5) is 0 Å². The fraction of sp³-hybridized carbons (Fsp3) is 0.317. The van der Waals surface area contributed by atoms with Gasteiger partial charge in [-0.05, 0) is 94.5 Å². The first kappa shape index (κ1) is 31.4. The molecule has 0 aliphatic heterocycles. The summed E-state index contributed by atoms with van der Waals surface area (Å²) >= 11 is 3.12. The number of aryl methyl sites for hydroxylation is 2. The fourth-order valence-corrected chi connectivity index (χ4v) is 8.90. The van der Waals surface area contributed by atoms with Crippen LogP contribution in [0.2, 0.25) is 0 Å². The molecule has 0 spiro atoms. The second-order valence-electron chi connectivity index (χ2n) is 12.4. The molecule has 6 rings (SSSR count). The average molecular weight is 631 g/mol. The summed E-state index contributed by atoms with van der Waals surface area (Å²) in [6.45, 7) is 4.51. The summed E-state index contributed by atoms with van der Waals surface area (Å²) in [6.07, 6.45) is 14.1. The smallest absolute Gasteiger partial charge is 0.160 e. The molecule has 230 valence electrons. The highest BCUT2D eigenvalue weighted by Crippen LogP contribution is 2.59. The summed E-state index contributed by atoms with van der Waals surface area (Å²) in [7, 11) is 0. The van der Waals surface area contributed by atoms with Crippen molar-refractivity contribution in [2.45, 2.75) is 83.5 Å². The van der Waals surface area contributed by atoms with Crippen LogP contribution in [-0.2, 0) is 18.3 Å². The molecular weight excluding hydrogens is 589 g/mol. The SMILES string of the molecule is CCCCCCc1ccc(C2(c3ccc(CCCCCC)cc3)c3cc(-c4ccc(C=O)s4)ccc3-c3sc(C=O)cc32)cc1. The van der Waals surface area contributed by atoms with Gasteiger partial charge in [-0.15, -0.1) is 22.7 Å². The van der Waals surface area contributed by atoms with Gasteiger partial charge >= 0.3 is 0 Å². The van der Waals surface area contributed by atoms with Crippen LogP contribution < -0.4 is 0 Å². The van der Waals surface area contributed by atoms with Gasteiger partial charge in [0.25, 0.3) is 0 Å². The van der Waals surface area contributed by atoms with E-state index in [0.29, 0.717) is 0 Å². The van der Waals surface area contributed by atoms with Gasteiger partial charge in [0.2, 0.25) is 0 Å². The lowest BCUT2D eigenvalue weighted by molar-refractivity contribution is 0.111. The van der Waals surface area contributed by atoms with Crippen molar-refractivity contribution in [3.63, 3.8) is 0 Å². The van der Waals surface area contributed by atoms with Crippen LogP contribution in [0.1, 0.15) is 118 Å². The van der Waals surface area contributed by atoms with E-state index in [2.05, 4.69) is 86.6 Å². The number of hydrogen-bond acceptors (Lipinski definition) is 4. The van der Waals surface area contributed by atoms with Crippen molar-refractivity contribution in [1.82, 2.24) is 0 Å². The van der Waals surface area contributed by atoms with Crippen LogP contribution in [-0.4, -0.2) is 12.6 Å². The Bertz CT molecular complexity index is 1700. The van der Waals surface area contributed by atoms with E-state index in [1.165, 1.54) is 107 Å². The molecule has 0 bridgehead atoms. The zero-order valence-electron chi connectivity index (χ0n) is 26.4. The number of carbonyl (C=O) groups is 2. The summed E-state index contributed by atoms with van der Waals surface area (Å²) in [4.78, 5) is 27.4. The highest BCUT2D eigenvalue weighted by atomic mass is 32.1. The summed E-state index contributed by atoms with van der Waals surface area (Å²) < 4.78 is 0. The zero-order valence-corrected chi connectivity index (χ0v) is 28.1. The molecule has 0 saturated heterocycles. The molecule has 4 heteroatoms. The van der Waals surface area contributed by atoms with Crippen LogP contribution in [0.25, 0.3) is 20.9 Å². The Labute approximate surface area is 276 Å². The number of carbonyl (C=O) groups excluding carboxylic acids is 2. The number of fused-ring (bicyclic) bond motifs is 3. The van der Waals surface area contributed by atoms with Gasteiger partial charge in [-0.25, -0.2) is 0 Å². The van der Waals surface area contributed by atoms with E-state index < -0.39 is 5.41 Å². The van der Waals surface area contributed by atoms with E-state index >= 15 is 0 Å². The third-order valence-electron chi connectivity index (χ3n) is 9.38. The lowest BCUT2D eigenvalue weighted by atomic mass is 9.67. The molecule has 0 fully saturated rings. The van der Waals surface area contributed by atoms with Crippen molar-refractivity contribution in [1.29, 1.82) is 0 Å². The number of unbranched alkanes of at least 4 members (excludes halogenated alkanes) is 6.